The molecule has 1 aliphatic rings. The van der Waals surface area contributed by atoms with Gasteiger partial charge in [0.1, 0.15) is 11.5 Å². The fraction of sp³-hybridized carbons (Fsp3) is 0.676. The Labute approximate surface area is 291 Å². The first kappa shape index (κ1) is 40.4. The molecule has 1 aromatic rings. The molecule has 0 unspecified atom stereocenters. The monoisotopic (exact) mass is 686 g/mol. The van der Waals surface area contributed by atoms with Crippen molar-refractivity contribution in [2.24, 2.45) is 0 Å². The molecule has 0 saturated heterocycles. The topological polar surface area (TPSA) is 99.2 Å². The number of thioether (sulfide) groups is 2. The van der Waals surface area contributed by atoms with Crippen LogP contribution in [0.3, 0.4) is 0 Å². The molecule has 0 aromatic heterocycles. The minimum Gasteiger partial charge on any atom is -0.492 e. The molecule has 0 amide bonds. The highest BCUT2D eigenvalue weighted by molar-refractivity contribution is 8.24. The fourth-order valence-electron chi connectivity index (χ4n) is 5.30. The van der Waals surface area contributed by atoms with E-state index in [2.05, 4.69) is 4.85 Å². The lowest BCUT2D eigenvalue weighted by molar-refractivity contribution is -0.144. The van der Waals surface area contributed by atoms with Crippen molar-refractivity contribution in [3.8, 4) is 17.6 Å². The molecular weight excluding hydrogens is 633 g/mol. The second-order valence-electron chi connectivity index (χ2n) is 11.7. The average Bonchev–Trinajstić information content (AvgIpc) is 3.49. The van der Waals surface area contributed by atoms with Crippen LogP contribution in [-0.4, -0.2) is 38.4 Å². The van der Waals surface area contributed by atoms with Crippen LogP contribution in [0.4, 0.5) is 0 Å². The van der Waals surface area contributed by atoms with Crippen molar-refractivity contribution in [1.29, 1.82) is 5.26 Å². The fourth-order valence-corrected chi connectivity index (χ4v) is 7.88. The maximum Gasteiger partial charge on any atom is 0.305 e. The number of carbonyl (C=O) groups excluding carboxylic acids is 2. The van der Waals surface area contributed by atoms with Crippen molar-refractivity contribution in [1.82, 2.24) is 0 Å². The van der Waals surface area contributed by atoms with E-state index < -0.39 is 0 Å². The third-order valence-electron chi connectivity index (χ3n) is 7.81. The van der Waals surface area contributed by atoms with Crippen LogP contribution >= 0.6 is 23.5 Å². The SMILES string of the molecule is [C-]#[N+]/C(C#N)=C1\Sc2c(OCCCCCCCCCCC(=O)OCC)cc(C)c(OCCCCCCCCCCC(=O)OCC)c2S1. The van der Waals surface area contributed by atoms with E-state index in [0.29, 0.717) is 43.5 Å². The number of ether oxygens (including phenoxy) is 4. The van der Waals surface area contributed by atoms with Gasteiger partial charge in [-0.1, -0.05) is 101 Å². The lowest BCUT2D eigenvalue weighted by atomic mass is 10.1. The first-order valence-electron chi connectivity index (χ1n) is 17.6. The Morgan fingerprint density at radius 2 is 1.17 bits per heavy atom. The summed E-state index contributed by atoms with van der Waals surface area (Å²) in [5.41, 5.74) is 1.10. The Bertz CT molecular complexity index is 1200. The van der Waals surface area contributed by atoms with Crippen molar-refractivity contribution in [2.75, 3.05) is 26.4 Å². The third kappa shape index (κ3) is 16.2. The number of unbranched alkanes of at least 4 members (excludes halogenated alkanes) is 14. The molecule has 1 aliphatic heterocycles. The quantitative estimate of drug-likeness (QED) is 0.0408. The number of benzene rings is 1. The van der Waals surface area contributed by atoms with Gasteiger partial charge in [0.2, 0.25) is 0 Å². The molecular formula is C37H54N2O6S2. The van der Waals surface area contributed by atoms with E-state index in [0.717, 1.165) is 104 Å². The molecule has 0 spiro atoms. The summed E-state index contributed by atoms with van der Waals surface area (Å²) in [5.74, 6) is 1.44. The summed E-state index contributed by atoms with van der Waals surface area (Å²) >= 11 is 2.88. The number of esters is 2. The second kappa shape index (κ2) is 25.2. The van der Waals surface area contributed by atoms with Gasteiger partial charge in [0.25, 0.3) is 5.70 Å². The molecule has 0 aliphatic carbocycles. The van der Waals surface area contributed by atoms with Crippen LogP contribution in [0, 0.1) is 24.8 Å². The first-order valence-corrected chi connectivity index (χ1v) is 19.2. The average molecular weight is 687 g/mol. The van der Waals surface area contributed by atoms with Crippen LogP contribution < -0.4 is 9.47 Å². The van der Waals surface area contributed by atoms with E-state index in [1.165, 1.54) is 49.2 Å². The van der Waals surface area contributed by atoms with Crippen LogP contribution in [-0.2, 0) is 19.1 Å². The Hall–Kier alpha value is -2.82. The normalized spacial score (nSPS) is 13.0. The number of allylic oxidation sites excluding steroid dienone is 1. The summed E-state index contributed by atoms with van der Waals surface area (Å²) in [6.07, 6.45) is 18.5. The van der Waals surface area contributed by atoms with E-state index >= 15 is 0 Å². The van der Waals surface area contributed by atoms with Crippen molar-refractivity contribution in [3.05, 3.63) is 33.0 Å². The maximum absolute atomic E-state index is 11.4. The van der Waals surface area contributed by atoms with Gasteiger partial charge in [-0.15, -0.1) is 0 Å². The number of carbonyl (C=O) groups is 2. The molecule has 260 valence electrons. The molecule has 10 heteroatoms. The van der Waals surface area contributed by atoms with Crippen molar-refractivity contribution in [2.45, 2.75) is 146 Å². The minimum atomic E-state index is -0.0909. The number of aryl methyl sites for hydroxylation is 1. The highest BCUT2D eigenvalue weighted by Crippen LogP contribution is 2.59. The van der Waals surface area contributed by atoms with Crippen LogP contribution in [0.15, 0.2) is 25.8 Å². The molecule has 8 nitrogen and oxygen atoms in total. The molecule has 0 N–H and O–H groups in total. The molecule has 47 heavy (non-hydrogen) atoms. The standard InChI is InChI=1S/C37H54N2O6S2/c1-5-42-32(40)23-19-15-11-7-9-13-17-21-25-44-31-27-29(3)34(36-35(31)46-37(47-36)30(28-38)39-4)45-26-22-18-14-10-8-12-16-20-24-33(41)43-6-2/h27H,5-26H2,1-3H3/b37-30+. The number of nitriles is 1. The molecule has 0 fully saturated rings. The Morgan fingerprint density at radius 3 is 1.64 bits per heavy atom. The highest BCUT2D eigenvalue weighted by atomic mass is 32.2. The number of hydrogen-bond acceptors (Lipinski definition) is 9. The van der Waals surface area contributed by atoms with Gasteiger partial charge in [0, 0.05) is 12.8 Å². The maximum atomic E-state index is 11.4. The molecule has 2 rings (SSSR count). The smallest absolute Gasteiger partial charge is 0.305 e. The summed E-state index contributed by atoms with van der Waals surface area (Å²) in [7, 11) is 0. The van der Waals surface area contributed by atoms with Gasteiger partial charge < -0.3 is 18.9 Å². The summed E-state index contributed by atoms with van der Waals surface area (Å²) in [6.45, 7) is 15.3. The van der Waals surface area contributed by atoms with Crippen molar-refractivity contribution < 1.29 is 28.5 Å². The number of nitrogens with zero attached hydrogens (tertiary/aromatic N) is 2. The number of fused-ring (bicyclic) bond motifs is 1. The third-order valence-corrected chi connectivity index (χ3v) is 10.4. The van der Waals surface area contributed by atoms with Crippen molar-refractivity contribution in [3.63, 3.8) is 0 Å². The van der Waals surface area contributed by atoms with Gasteiger partial charge in [0.05, 0.1) is 53.1 Å². The zero-order valence-corrected chi connectivity index (χ0v) is 30.4. The minimum absolute atomic E-state index is 0.0909. The van der Waals surface area contributed by atoms with Gasteiger partial charge >= 0.3 is 11.9 Å². The largest absolute Gasteiger partial charge is 0.492 e. The predicted octanol–water partition coefficient (Wildman–Crippen LogP) is 10.7. The summed E-state index contributed by atoms with van der Waals surface area (Å²) < 4.78 is 23.2. The second-order valence-corrected chi connectivity index (χ2v) is 14.0. The van der Waals surface area contributed by atoms with Gasteiger partial charge in [-0.2, -0.15) is 0 Å². The van der Waals surface area contributed by atoms with Crippen LogP contribution in [0.5, 0.6) is 11.5 Å². The van der Waals surface area contributed by atoms with Crippen LogP contribution in [0.25, 0.3) is 4.85 Å². The van der Waals surface area contributed by atoms with Gasteiger partial charge in [-0.3, -0.25) is 9.59 Å². The lowest BCUT2D eigenvalue weighted by Crippen LogP contribution is -2.03. The summed E-state index contributed by atoms with van der Waals surface area (Å²) in [4.78, 5) is 28.1. The van der Waals surface area contributed by atoms with E-state index in [4.69, 9.17) is 25.5 Å². The zero-order valence-electron chi connectivity index (χ0n) is 28.8. The Balaban J connectivity index is 1.75. The van der Waals surface area contributed by atoms with Crippen LogP contribution in [0.2, 0.25) is 0 Å². The molecule has 0 radical (unpaired) electrons. The van der Waals surface area contributed by atoms with Gasteiger partial charge in [-0.05, 0) is 58.1 Å². The number of rotatable bonds is 26. The van der Waals surface area contributed by atoms with E-state index in [1.54, 1.807) is 0 Å². The molecule has 0 atom stereocenters. The molecule has 0 saturated carbocycles. The predicted molar refractivity (Wildman–Crippen MR) is 189 cm³/mol. The lowest BCUT2D eigenvalue weighted by Gasteiger charge is -2.16. The zero-order chi connectivity index (χ0) is 34.1. The molecule has 0 bridgehead atoms. The van der Waals surface area contributed by atoms with Gasteiger partial charge in [0.15, 0.2) is 0 Å². The summed E-state index contributed by atoms with van der Waals surface area (Å²) in [5, 5.41) is 9.50. The van der Waals surface area contributed by atoms with Crippen molar-refractivity contribution >= 4 is 35.5 Å². The van der Waals surface area contributed by atoms with E-state index in [1.807, 2.05) is 32.9 Å². The molecule has 1 aromatic carbocycles. The number of hydrogen-bond donors (Lipinski definition) is 0. The Morgan fingerprint density at radius 1 is 0.723 bits per heavy atom. The van der Waals surface area contributed by atoms with E-state index in [9.17, 15) is 14.9 Å². The van der Waals surface area contributed by atoms with Gasteiger partial charge in [-0.25, -0.2) is 10.1 Å². The van der Waals surface area contributed by atoms with Crippen LogP contribution in [0.1, 0.15) is 135 Å². The summed E-state index contributed by atoms with van der Waals surface area (Å²) in [6, 6.07) is 4.07. The highest BCUT2D eigenvalue weighted by Gasteiger charge is 2.30. The van der Waals surface area contributed by atoms with E-state index in [-0.39, 0.29) is 17.6 Å². The Kier molecular flexibility index (Phi) is 21.7. The first-order chi connectivity index (χ1) is 22.9. The molecule has 1 heterocycles.